The van der Waals surface area contributed by atoms with Gasteiger partial charge in [-0.2, -0.15) is 0 Å². The molecular formula is C15H10Br2ClFO. The molecule has 0 spiro atoms. The Balaban J connectivity index is 2.14. The highest BCUT2D eigenvalue weighted by molar-refractivity contribution is 9.11. The lowest BCUT2D eigenvalue weighted by Gasteiger charge is -2.17. The number of halogens is 4. The Morgan fingerprint density at radius 1 is 1.30 bits per heavy atom. The third-order valence-electron chi connectivity index (χ3n) is 3.30. The largest absolute Gasteiger partial charge is 0.493 e. The molecule has 5 heteroatoms. The maximum atomic E-state index is 14.1. The van der Waals surface area contributed by atoms with Gasteiger partial charge in [-0.05, 0) is 29.8 Å². The summed E-state index contributed by atoms with van der Waals surface area (Å²) in [5, 5.41) is 0.640. The molecule has 0 N–H and O–H groups in total. The van der Waals surface area contributed by atoms with Gasteiger partial charge >= 0.3 is 0 Å². The molecule has 3 rings (SSSR count). The van der Waals surface area contributed by atoms with E-state index in [1.807, 2.05) is 18.2 Å². The van der Waals surface area contributed by atoms with Crippen LogP contribution >= 0.6 is 43.5 Å². The van der Waals surface area contributed by atoms with Crippen molar-refractivity contribution in [1.82, 2.24) is 0 Å². The molecule has 0 fully saturated rings. The van der Waals surface area contributed by atoms with Crippen LogP contribution < -0.4 is 4.74 Å². The van der Waals surface area contributed by atoms with Crippen LogP contribution in [0.4, 0.5) is 4.39 Å². The summed E-state index contributed by atoms with van der Waals surface area (Å²) < 4.78 is 20.5. The van der Waals surface area contributed by atoms with Gasteiger partial charge in [0.1, 0.15) is 11.6 Å². The summed E-state index contributed by atoms with van der Waals surface area (Å²) >= 11 is 13.1. The van der Waals surface area contributed by atoms with Crippen LogP contribution in [0.5, 0.6) is 5.75 Å². The van der Waals surface area contributed by atoms with Crippen molar-refractivity contribution in [2.24, 2.45) is 0 Å². The second kappa shape index (κ2) is 5.66. The molecule has 1 nitrogen and oxygen atoms in total. The van der Waals surface area contributed by atoms with Crippen molar-refractivity contribution in [3.63, 3.8) is 0 Å². The number of ether oxygens (including phenoxy) is 1. The van der Waals surface area contributed by atoms with E-state index in [2.05, 4.69) is 31.9 Å². The van der Waals surface area contributed by atoms with Crippen LogP contribution in [0.3, 0.4) is 0 Å². The first-order valence-electron chi connectivity index (χ1n) is 6.11. The van der Waals surface area contributed by atoms with Gasteiger partial charge in [0, 0.05) is 27.0 Å². The van der Waals surface area contributed by atoms with Crippen LogP contribution in [0.15, 0.2) is 34.8 Å². The smallest absolute Gasteiger partial charge is 0.129 e. The predicted octanol–water partition coefficient (Wildman–Crippen LogP) is 5.66. The minimum atomic E-state index is -0.316. The SMILES string of the molecule is Fc1cccc(Br)c1C(Br)c1cc(Cl)cc2c1OCC2. The van der Waals surface area contributed by atoms with E-state index in [4.69, 9.17) is 16.3 Å². The molecule has 1 aliphatic heterocycles. The number of rotatable bonds is 2. The summed E-state index contributed by atoms with van der Waals surface area (Å²) in [7, 11) is 0. The summed E-state index contributed by atoms with van der Waals surface area (Å²) in [5.74, 6) is 0.541. The third-order valence-corrected chi connectivity index (χ3v) is 5.16. The molecule has 0 aliphatic carbocycles. The van der Waals surface area contributed by atoms with Crippen molar-refractivity contribution in [3.05, 3.63) is 62.3 Å². The predicted molar refractivity (Wildman–Crippen MR) is 85.5 cm³/mol. The van der Waals surface area contributed by atoms with Crippen molar-refractivity contribution in [2.75, 3.05) is 6.61 Å². The molecule has 2 aromatic carbocycles. The first-order valence-corrected chi connectivity index (χ1v) is 8.19. The molecule has 20 heavy (non-hydrogen) atoms. The lowest BCUT2D eigenvalue weighted by atomic mass is 10.0. The lowest BCUT2D eigenvalue weighted by Crippen LogP contribution is -2.00. The topological polar surface area (TPSA) is 9.23 Å². The summed E-state index contributed by atoms with van der Waals surface area (Å²) in [5.41, 5.74) is 2.48. The molecule has 1 aliphatic rings. The Morgan fingerprint density at radius 3 is 2.85 bits per heavy atom. The second-order valence-corrected chi connectivity index (χ2v) is 6.79. The van der Waals surface area contributed by atoms with Crippen molar-refractivity contribution >= 4 is 43.5 Å². The fourth-order valence-electron chi connectivity index (χ4n) is 2.39. The molecule has 104 valence electrons. The van der Waals surface area contributed by atoms with Crippen LogP contribution in [-0.2, 0) is 6.42 Å². The van der Waals surface area contributed by atoms with E-state index in [0.29, 0.717) is 21.7 Å². The Kier molecular flexibility index (Phi) is 4.07. The lowest BCUT2D eigenvalue weighted by molar-refractivity contribution is 0.354. The van der Waals surface area contributed by atoms with E-state index < -0.39 is 0 Å². The van der Waals surface area contributed by atoms with Gasteiger partial charge in [-0.1, -0.05) is 49.5 Å². The van der Waals surface area contributed by atoms with Crippen LogP contribution in [0.2, 0.25) is 5.02 Å². The molecule has 0 bridgehead atoms. The number of benzene rings is 2. The van der Waals surface area contributed by atoms with E-state index in [0.717, 1.165) is 23.3 Å². The third kappa shape index (κ3) is 2.49. The van der Waals surface area contributed by atoms with Gasteiger partial charge in [0.15, 0.2) is 0 Å². The van der Waals surface area contributed by atoms with Gasteiger partial charge in [-0.25, -0.2) is 4.39 Å². The highest BCUT2D eigenvalue weighted by atomic mass is 79.9. The van der Waals surface area contributed by atoms with Gasteiger partial charge in [0.25, 0.3) is 0 Å². The summed E-state index contributed by atoms with van der Waals surface area (Å²) in [6, 6.07) is 8.66. The van der Waals surface area contributed by atoms with Crippen molar-refractivity contribution in [1.29, 1.82) is 0 Å². The quantitative estimate of drug-likeness (QED) is 0.570. The highest BCUT2D eigenvalue weighted by Crippen LogP contribution is 2.44. The van der Waals surface area contributed by atoms with Crippen molar-refractivity contribution in [3.8, 4) is 5.75 Å². The number of fused-ring (bicyclic) bond motifs is 1. The zero-order chi connectivity index (χ0) is 14.3. The fraction of sp³-hybridized carbons (Fsp3) is 0.200. The summed E-state index contributed by atoms with van der Waals surface area (Å²) in [6.45, 7) is 0.640. The maximum Gasteiger partial charge on any atom is 0.129 e. The summed E-state index contributed by atoms with van der Waals surface area (Å²) in [4.78, 5) is -0.316. The minimum absolute atomic E-state index is 0.270. The summed E-state index contributed by atoms with van der Waals surface area (Å²) in [6.07, 6.45) is 0.834. The number of hydrogen-bond donors (Lipinski definition) is 0. The monoisotopic (exact) mass is 418 g/mol. The molecule has 2 aromatic rings. The van der Waals surface area contributed by atoms with E-state index in [1.54, 1.807) is 6.07 Å². The van der Waals surface area contributed by atoms with E-state index in [1.165, 1.54) is 6.07 Å². The first kappa shape index (κ1) is 14.4. The normalized spacial score (nSPS) is 14.8. The Morgan fingerprint density at radius 2 is 2.10 bits per heavy atom. The van der Waals surface area contributed by atoms with E-state index >= 15 is 0 Å². The average Bonchev–Trinajstić information content (AvgIpc) is 2.85. The van der Waals surface area contributed by atoms with Crippen LogP contribution in [-0.4, -0.2) is 6.61 Å². The van der Waals surface area contributed by atoms with Gasteiger partial charge in [0.2, 0.25) is 0 Å². The Labute approximate surface area is 138 Å². The zero-order valence-electron chi connectivity index (χ0n) is 10.3. The molecule has 0 amide bonds. The fourth-order valence-corrected chi connectivity index (χ4v) is 4.33. The van der Waals surface area contributed by atoms with E-state index in [9.17, 15) is 4.39 Å². The second-order valence-electron chi connectivity index (χ2n) is 4.58. The maximum absolute atomic E-state index is 14.1. The molecule has 0 aromatic heterocycles. The van der Waals surface area contributed by atoms with Gasteiger partial charge < -0.3 is 4.74 Å². The Bertz CT molecular complexity index is 655. The molecule has 0 saturated heterocycles. The van der Waals surface area contributed by atoms with Gasteiger partial charge in [-0.3, -0.25) is 0 Å². The molecule has 0 saturated carbocycles. The Hall–Kier alpha value is -0.580. The molecule has 1 unspecified atom stereocenters. The number of alkyl halides is 1. The first-order chi connectivity index (χ1) is 9.58. The van der Waals surface area contributed by atoms with Crippen LogP contribution in [0.25, 0.3) is 0 Å². The van der Waals surface area contributed by atoms with Crippen LogP contribution in [0, 0.1) is 5.82 Å². The van der Waals surface area contributed by atoms with Crippen molar-refractivity contribution in [2.45, 2.75) is 11.2 Å². The average molecular weight is 421 g/mol. The van der Waals surface area contributed by atoms with Crippen LogP contribution in [0.1, 0.15) is 21.5 Å². The molecule has 1 atom stereocenters. The molecule has 1 heterocycles. The van der Waals surface area contributed by atoms with Gasteiger partial charge in [0.05, 0.1) is 11.4 Å². The minimum Gasteiger partial charge on any atom is -0.493 e. The van der Waals surface area contributed by atoms with E-state index in [-0.39, 0.29) is 10.6 Å². The molecular weight excluding hydrogens is 410 g/mol. The zero-order valence-corrected chi connectivity index (χ0v) is 14.2. The highest BCUT2D eigenvalue weighted by Gasteiger charge is 2.26. The number of hydrogen-bond acceptors (Lipinski definition) is 1. The van der Waals surface area contributed by atoms with Gasteiger partial charge in [-0.15, -0.1) is 0 Å². The molecule has 0 radical (unpaired) electrons. The standard InChI is InChI=1S/C15H10Br2ClFO/c16-11-2-1-3-12(19)13(11)14(17)10-7-9(18)6-8-4-5-20-15(8)10/h1-3,6-7,14H,4-5H2. The van der Waals surface area contributed by atoms with Crippen molar-refractivity contribution < 1.29 is 9.13 Å².